The summed E-state index contributed by atoms with van der Waals surface area (Å²) in [5.41, 5.74) is 14.8. The predicted octanol–water partition coefficient (Wildman–Crippen LogP) is 11.9. The lowest BCUT2D eigenvalue weighted by molar-refractivity contribution is 0.366. The van der Waals surface area contributed by atoms with Crippen molar-refractivity contribution < 1.29 is 4.74 Å². The molecule has 0 aliphatic heterocycles. The van der Waals surface area contributed by atoms with Crippen molar-refractivity contribution in [1.82, 2.24) is 0 Å². The van der Waals surface area contributed by atoms with E-state index in [2.05, 4.69) is 151 Å². The number of aryl methyl sites for hydroxylation is 2. The van der Waals surface area contributed by atoms with Gasteiger partial charge in [0, 0.05) is 5.54 Å². The second-order valence-electron chi connectivity index (χ2n) is 14.5. The highest BCUT2D eigenvalue weighted by Crippen LogP contribution is 2.52. The van der Waals surface area contributed by atoms with E-state index in [1.54, 1.807) is 6.08 Å². The number of hydrogen-bond acceptors (Lipinski definition) is 1. The van der Waals surface area contributed by atoms with E-state index in [-0.39, 0.29) is 11.0 Å². The van der Waals surface area contributed by atoms with Gasteiger partial charge in [-0.05, 0) is 90.7 Å². The molecule has 0 unspecified atom stereocenters. The van der Waals surface area contributed by atoms with Crippen LogP contribution < -0.4 is 9.92 Å². The Kier molecular flexibility index (Phi) is 9.13. The minimum atomic E-state index is -2.42. The summed E-state index contributed by atoms with van der Waals surface area (Å²) < 4.78 is 6.44. The Hall–Kier alpha value is -3.85. The number of rotatable bonds is 9. The molecule has 0 bridgehead atoms. The van der Waals surface area contributed by atoms with Crippen molar-refractivity contribution in [3.63, 3.8) is 0 Å². The molecule has 0 radical (unpaired) electrons. The van der Waals surface area contributed by atoms with Gasteiger partial charge in [0.05, 0.1) is 13.1 Å². The van der Waals surface area contributed by atoms with Gasteiger partial charge in [0.15, 0.2) is 0 Å². The van der Waals surface area contributed by atoms with Gasteiger partial charge < -0.3 is 4.74 Å². The highest BCUT2D eigenvalue weighted by Gasteiger charge is 2.44. The normalized spacial score (nSPS) is 12.9. The fourth-order valence-electron chi connectivity index (χ4n) is 7.54. The largest absolute Gasteiger partial charge is 0.488 e. The number of benzene rings is 5. The van der Waals surface area contributed by atoms with Gasteiger partial charge in [-0.15, -0.1) is 0 Å². The molecule has 1 nitrogen and oxygen atoms in total. The van der Waals surface area contributed by atoms with Crippen LogP contribution in [0.4, 0.5) is 0 Å². The van der Waals surface area contributed by atoms with Crippen molar-refractivity contribution in [3.05, 3.63) is 143 Å². The van der Waals surface area contributed by atoms with Gasteiger partial charge in [-0.2, -0.15) is 0 Å². The lowest BCUT2D eigenvalue weighted by atomic mass is 9.87. The van der Waals surface area contributed by atoms with Crippen molar-refractivity contribution in [2.24, 2.45) is 0 Å². The van der Waals surface area contributed by atoms with Crippen LogP contribution in [0.5, 0.6) is 5.75 Å². The van der Waals surface area contributed by atoms with Gasteiger partial charge >= 0.3 is 0 Å². The first-order valence-electron chi connectivity index (χ1n) is 17.0. The maximum atomic E-state index is 7.13. The zero-order valence-electron chi connectivity index (χ0n) is 29.0. The first-order valence-corrected chi connectivity index (χ1v) is 20.5. The molecule has 0 saturated heterocycles. The van der Waals surface area contributed by atoms with Crippen LogP contribution in [0.3, 0.4) is 0 Å². The van der Waals surface area contributed by atoms with E-state index in [9.17, 15) is 0 Å². The monoisotopic (exact) mass is 654 g/mol. The van der Waals surface area contributed by atoms with Crippen LogP contribution in [-0.4, -0.2) is 14.7 Å². The fourth-order valence-corrected chi connectivity index (χ4v) is 11.6. The summed E-state index contributed by atoms with van der Waals surface area (Å²) in [7, 11) is -2.42. The summed E-state index contributed by atoms with van der Waals surface area (Å²) in [6.07, 6.45) is 3.81. The summed E-state index contributed by atoms with van der Waals surface area (Å²) >= 11 is 7.13. The van der Waals surface area contributed by atoms with Crippen LogP contribution in [0.1, 0.15) is 68.0 Å². The van der Waals surface area contributed by atoms with Crippen LogP contribution in [0.15, 0.2) is 110 Å². The minimum Gasteiger partial charge on any atom is -0.488 e. The molecule has 6 rings (SSSR count). The molecular weight excluding hydrogens is 608 g/mol. The molecule has 3 heteroatoms. The van der Waals surface area contributed by atoms with Crippen LogP contribution >= 0.6 is 11.6 Å². The number of fused-ring (bicyclic) bond motifs is 3. The van der Waals surface area contributed by atoms with Gasteiger partial charge in [-0.25, -0.2) is 0 Å². The Bertz CT molecular complexity index is 1860. The average molecular weight is 655 g/mol. The molecule has 1 aliphatic rings. The molecule has 0 aromatic heterocycles. The third-order valence-corrected chi connectivity index (χ3v) is 14.2. The van der Waals surface area contributed by atoms with E-state index in [4.69, 9.17) is 16.3 Å². The van der Waals surface area contributed by atoms with Crippen LogP contribution in [0.2, 0.25) is 18.1 Å². The van der Waals surface area contributed by atoms with Crippen molar-refractivity contribution in [2.45, 2.75) is 71.5 Å². The first kappa shape index (κ1) is 33.1. The third-order valence-electron chi connectivity index (χ3n) is 10.1. The Morgan fingerprint density at radius 3 is 1.70 bits per heavy atom. The second-order valence-corrected chi connectivity index (χ2v) is 19.4. The number of hydrogen-bond donors (Lipinski definition) is 0. The summed E-state index contributed by atoms with van der Waals surface area (Å²) in [6, 6.07) is 36.5. The zero-order chi connectivity index (χ0) is 33.5. The van der Waals surface area contributed by atoms with E-state index in [1.807, 2.05) is 0 Å². The maximum absolute atomic E-state index is 7.13. The number of halogens is 1. The predicted molar refractivity (Wildman–Crippen MR) is 206 cm³/mol. The van der Waals surface area contributed by atoms with Crippen molar-refractivity contribution in [3.8, 4) is 39.1 Å². The second kappa shape index (κ2) is 13.0. The molecule has 0 heterocycles. The molecule has 47 heavy (non-hydrogen) atoms. The molecule has 5 aromatic rings. The first-order chi connectivity index (χ1) is 22.5. The van der Waals surface area contributed by atoms with Crippen LogP contribution in [0, 0.1) is 0 Å². The molecule has 0 N–H and O–H groups in total. The van der Waals surface area contributed by atoms with E-state index in [0.29, 0.717) is 11.6 Å². The summed E-state index contributed by atoms with van der Waals surface area (Å²) in [6.45, 7) is 20.6. The van der Waals surface area contributed by atoms with Crippen molar-refractivity contribution in [1.29, 1.82) is 0 Å². The van der Waals surface area contributed by atoms with Crippen LogP contribution in [0.25, 0.3) is 33.4 Å². The van der Waals surface area contributed by atoms with Gasteiger partial charge in [-0.3, -0.25) is 0 Å². The standard InChI is InChI=1S/C44H47ClOSi/c1-9-24-46-42-40(45)27-33(44(4,5)6)28-41(42)47(7,8)43-38-25-31(34-18-14-12-16-29(34)10-2)20-22-36(38)37-23-21-32(26-39(37)43)35-19-15-13-17-30(35)11-3/h9,12-23,25-28,43H,1,10-11,24H2,2-8H3. The number of ether oxygens (including phenoxy) is 1. The lowest BCUT2D eigenvalue weighted by Gasteiger charge is -2.35. The van der Waals surface area contributed by atoms with Gasteiger partial charge in [0.25, 0.3) is 0 Å². The van der Waals surface area contributed by atoms with Gasteiger partial charge in [0.1, 0.15) is 12.4 Å². The molecule has 0 saturated carbocycles. The minimum absolute atomic E-state index is 0.0562. The molecule has 240 valence electrons. The molecular formula is C44H47ClOSi. The van der Waals surface area contributed by atoms with Gasteiger partial charge in [-0.1, -0.05) is 163 Å². The average Bonchev–Trinajstić information content (AvgIpc) is 3.40. The highest BCUT2D eigenvalue weighted by molar-refractivity contribution is 6.92. The Morgan fingerprint density at radius 1 is 0.723 bits per heavy atom. The maximum Gasteiger partial charge on any atom is 0.137 e. The van der Waals surface area contributed by atoms with Crippen LogP contribution in [-0.2, 0) is 18.3 Å². The molecule has 0 amide bonds. The Morgan fingerprint density at radius 2 is 1.23 bits per heavy atom. The van der Waals surface area contributed by atoms with E-state index < -0.39 is 8.07 Å². The third kappa shape index (κ3) is 6.03. The zero-order valence-corrected chi connectivity index (χ0v) is 30.8. The van der Waals surface area contributed by atoms with E-state index in [1.165, 1.54) is 66.4 Å². The lowest BCUT2D eigenvalue weighted by Crippen LogP contribution is -2.49. The van der Waals surface area contributed by atoms with E-state index in [0.717, 1.165) is 18.6 Å². The van der Waals surface area contributed by atoms with Gasteiger partial charge in [0.2, 0.25) is 0 Å². The van der Waals surface area contributed by atoms with E-state index >= 15 is 0 Å². The SMILES string of the molecule is C=CCOc1c(Cl)cc(C(C)(C)C)cc1[Si](C)(C)C1c2cc(-c3ccccc3CC)ccc2-c2ccc(-c3ccccc3CC)cc21. The fraction of sp³-hybridized carbons (Fsp3) is 0.273. The topological polar surface area (TPSA) is 9.23 Å². The highest BCUT2D eigenvalue weighted by atomic mass is 35.5. The molecule has 0 fully saturated rings. The quantitative estimate of drug-likeness (QED) is 0.113. The summed E-state index contributed by atoms with van der Waals surface area (Å²) in [5, 5.41) is 1.95. The molecule has 0 spiro atoms. The van der Waals surface area contributed by atoms with Crippen molar-refractivity contribution >= 4 is 24.9 Å². The molecule has 0 atom stereocenters. The summed E-state index contributed by atoms with van der Waals surface area (Å²) in [4.78, 5) is 0. The Balaban J connectivity index is 1.63. The summed E-state index contributed by atoms with van der Waals surface area (Å²) in [5.74, 6) is 0.811. The molecule has 5 aromatic carbocycles. The smallest absolute Gasteiger partial charge is 0.137 e. The molecule has 1 aliphatic carbocycles. The van der Waals surface area contributed by atoms with Crippen molar-refractivity contribution in [2.75, 3.05) is 6.61 Å². The Labute approximate surface area is 288 Å².